The SMILES string of the molecule is CC(C)C(OC(=O)N1CCC1)C1CCC2C(CC3C4CCC5C(C)(C)[C@@H](C)CCC56C[C@@]46CCC23C)O1. The Morgan fingerprint density at radius 1 is 0.919 bits per heavy atom. The second-order valence-electron chi connectivity index (χ2n) is 16.2. The fraction of sp³-hybridized carbons (Fsp3) is 0.970. The minimum absolute atomic E-state index is 0.0628. The molecule has 0 bridgehead atoms. The molecule has 2 saturated heterocycles. The molecule has 0 aromatic carbocycles. The molecule has 2 heterocycles. The smallest absolute Gasteiger partial charge is 0.410 e. The minimum Gasteiger partial charge on any atom is -0.443 e. The molecule has 5 aliphatic carbocycles. The van der Waals surface area contributed by atoms with Gasteiger partial charge in [0.15, 0.2) is 0 Å². The van der Waals surface area contributed by atoms with Crippen LogP contribution < -0.4 is 0 Å². The van der Waals surface area contributed by atoms with Gasteiger partial charge in [0.05, 0.1) is 12.2 Å². The molecule has 2 spiro atoms. The highest BCUT2D eigenvalue weighted by atomic mass is 16.6. The van der Waals surface area contributed by atoms with Gasteiger partial charge in [0, 0.05) is 13.1 Å². The van der Waals surface area contributed by atoms with Gasteiger partial charge in [-0.05, 0) is 128 Å². The zero-order valence-corrected chi connectivity index (χ0v) is 24.6. The van der Waals surface area contributed by atoms with Gasteiger partial charge in [0.25, 0.3) is 0 Å². The third-order valence-electron chi connectivity index (χ3n) is 14.5. The van der Waals surface area contributed by atoms with E-state index in [2.05, 4.69) is 41.5 Å². The van der Waals surface area contributed by atoms with Crippen LogP contribution in [0.3, 0.4) is 0 Å². The summed E-state index contributed by atoms with van der Waals surface area (Å²) in [6, 6.07) is 0. The van der Waals surface area contributed by atoms with E-state index in [9.17, 15) is 4.79 Å². The van der Waals surface area contributed by atoms with Crippen molar-refractivity contribution in [3.8, 4) is 0 Å². The molecule has 7 rings (SSSR count). The molecule has 0 N–H and O–H groups in total. The van der Waals surface area contributed by atoms with E-state index in [-0.39, 0.29) is 24.2 Å². The lowest BCUT2D eigenvalue weighted by atomic mass is 9.45. The summed E-state index contributed by atoms with van der Waals surface area (Å²) in [5.74, 6) is 4.55. The number of hydrogen-bond acceptors (Lipinski definition) is 3. The van der Waals surface area contributed by atoms with E-state index in [1.807, 2.05) is 4.90 Å². The van der Waals surface area contributed by atoms with Crippen molar-refractivity contribution in [2.24, 2.45) is 57.2 Å². The zero-order chi connectivity index (χ0) is 26.0. The van der Waals surface area contributed by atoms with Gasteiger partial charge in [-0.3, -0.25) is 0 Å². The summed E-state index contributed by atoms with van der Waals surface area (Å²) in [5.41, 5.74) is 2.27. The highest BCUT2D eigenvalue weighted by Gasteiger charge is 2.80. The Kier molecular flexibility index (Phi) is 5.54. The molecule has 5 saturated carbocycles. The summed E-state index contributed by atoms with van der Waals surface area (Å²) in [6.45, 7) is 16.5. The van der Waals surface area contributed by atoms with Gasteiger partial charge in [-0.15, -0.1) is 0 Å². The van der Waals surface area contributed by atoms with Crippen molar-refractivity contribution in [1.29, 1.82) is 0 Å². The predicted molar refractivity (Wildman–Crippen MR) is 146 cm³/mol. The van der Waals surface area contributed by atoms with Crippen molar-refractivity contribution in [2.75, 3.05) is 13.1 Å². The van der Waals surface area contributed by atoms with Crippen LogP contribution in [0.4, 0.5) is 4.79 Å². The maximum absolute atomic E-state index is 12.7. The predicted octanol–water partition coefficient (Wildman–Crippen LogP) is 7.70. The number of carbonyl (C=O) groups excluding carboxylic acids is 1. The summed E-state index contributed by atoms with van der Waals surface area (Å²) in [7, 11) is 0. The normalized spacial score (nSPS) is 52.1. The van der Waals surface area contributed by atoms with Gasteiger partial charge in [-0.1, -0.05) is 41.5 Å². The highest BCUT2D eigenvalue weighted by molar-refractivity contribution is 5.68. The molecule has 0 aromatic rings. The molecule has 4 nitrogen and oxygen atoms in total. The Hall–Kier alpha value is -0.770. The maximum Gasteiger partial charge on any atom is 0.410 e. The van der Waals surface area contributed by atoms with Crippen LogP contribution in [0, 0.1) is 57.2 Å². The molecule has 0 radical (unpaired) electrons. The largest absolute Gasteiger partial charge is 0.443 e. The topological polar surface area (TPSA) is 38.8 Å². The first-order valence-electron chi connectivity index (χ1n) is 16.1. The first-order chi connectivity index (χ1) is 17.5. The number of carbonyl (C=O) groups is 1. The van der Waals surface area contributed by atoms with Crippen LogP contribution >= 0.6 is 0 Å². The van der Waals surface area contributed by atoms with E-state index < -0.39 is 0 Å². The highest BCUT2D eigenvalue weighted by Crippen LogP contribution is 2.87. The van der Waals surface area contributed by atoms with Gasteiger partial charge >= 0.3 is 6.09 Å². The molecule has 4 heteroatoms. The third-order valence-corrected chi connectivity index (χ3v) is 14.5. The van der Waals surface area contributed by atoms with E-state index >= 15 is 0 Å². The van der Waals surface area contributed by atoms with Gasteiger partial charge in [-0.25, -0.2) is 4.79 Å². The van der Waals surface area contributed by atoms with Crippen LogP contribution in [-0.2, 0) is 9.47 Å². The van der Waals surface area contributed by atoms with Gasteiger partial charge in [0.2, 0.25) is 0 Å². The molecule has 2 aliphatic heterocycles. The van der Waals surface area contributed by atoms with Crippen LogP contribution in [0.1, 0.15) is 112 Å². The standard InChI is InChI=1S/C33H53NO3/c1-20(2)28(37-29(35)34-16-7-17-34)25-10-8-23-26(36-25)18-24-22-9-11-27-30(4,5)21(3)12-13-33(27)19-32(22,33)15-14-31(23,24)6/h20-28H,7-19H2,1-6H3/t21-,22?,23?,24?,25?,26?,27?,28?,31?,32-,33?/m0/s1. The Balaban J connectivity index is 1.10. The lowest BCUT2D eigenvalue weighted by Crippen LogP contribution is -2.53. The number of ether oxygens (including phenoxy) is 2. The van der Waals surface area contributed by atoms with Crippen LogP contribution in [0.5, 0.6) is 0 Å². The number of rotatable bonds is 3. The average molecular weight is 512 g/mol. The molecule has 1 amide bonds. The summed E-state index contributed by atoms with van der Waals surface area (Å²) < 4.78 is 13.1. The van der Waals surface area contributed by atoms with Gasteiger partial charge in [-0.2, -0.15) is 0 Å². The van der Waals surface area contributed by atoms with Crippen LogP contribution in [0.15, 0.2) is 0 Å². The van der Waals surface area contributed by atoms with Crippen molar-refractivity contribution >= 4 is 6.09 Å². The van der Waals surface area contributed by atoms with E-state index in [4.69, 9.17) is 9.47 Å². The molecule has 9 unspecified atom stereocenters. The van der Waals surface area contributed by atoms with E-state index in [1.54, 1.807) is 6.42 Å². The Morgan fingerprint density at radius 2 is 1.68 bits per heavy atom. The molecule has 208 valence electrons. The quantitative estimate of drug-likeness (QED) is 0.390. The number of hydrogen-bond donors (Lipinski definition) is 0. The molecule has 7 fully saturated rings. The van der Waals surface area contributed by atoms with Crippen molar-refractivity contribution in [1.82, 2.24) is 4.90 Å². The summed E-state index contributed by atoms with van der Waals surface area (Å²) in [4.78, 5) is 14.5. The van der Waals surface area contributed by atoms with Crippen LogP contribution in [-0.4, -0.2) is 42.4 Å². The number of likely N-dealkylation sites (tertiary alicyclic amines) is 1. The van der Waals surface area contributed by atoms with Crippen molar-refractivity contribution in [3.63, 3.8) is 0 Å². The first-order valence-corrected chi connectivity index (χ1v) is 16.1. The van der Waals surface area contributed by atoms with E-state index in [0.717, 1.165) is 49.6 Å². The lowest BCUT2D eigenvalue weighted by molar-refractivity contribution is -0.148. The number of nitrogens with zero attached hydrogens (tertiary/aromatic N) is 1. The fourth-order valence-electron chi connectivity index (χ4n) is 12.0. The van der Waals surface area contributed by atoms with Crippen LogP contribution in [0.25, 0.3) is 0 Å². The Morgan fingerprint density at radius 3 is 2.38 bits per heavy atom. The Labute approximate surface area is 226 Å². The van der Waals surface area contributed by atoms with Gasteiger partial charge < -0.3 is 14.4 Å². The maximum atomic E-state index is 12.7. The molecule has 0 aromatic heterocycles. The van der Waals surface area contributed by atoms with Crippen molar-refractivity contribution < 1.29 is 14.3 Å². The van der Waals surface area contributed by atoms with Crippen molar-refractivity contribution in [2.45, 2.75) is 130 Å². The summed E-state index contributed by atoms with van der Waals surface area (Å²) in [6.07, 6.45) is 15.2. The van der Waals surface area contributed by atoms with E-state index in [0.29, 0.717) is 33.7 Å². The molecule has 7 aliphatic rings. The molecular formula is C33H53NO3. The number of amides is 1. The van der Waals surface area contributed by atoms with Crippen LogP contribution in [0.2, 0.25) is 0 Å². The monoisotopic (exact) mass is 511 g/mol. The summed E-state index contributed by atoms with van der Waals surface area (Å²) >= 11 is 0. The lowest BCUT2D eigenvalue weighted by Gasteiger charge is -2.59. The third kappa shape index (κ3) is 3.26. The first kappa shape index (κ1) is 25.2. The number of fused-ring (bicyclic) bond motifs is 4. The molecule has 11 atom stereocenters. The second-order valence-corrected chi connectivity index (χ2v) is 16.2. The van der Waals surface area contributed by atoms with E-state index in [1.165, 1.54) is 51.4 Å². The second kappa shape index (κ2) is 8.14. The summed E-state index contributed by atoms with van der Waals surface area (Å²) in [5, 5.41) is 0. The molecule has 37 heavy (non-hydrogen) atoms. The minimum atomic E-state index is -0.121. The Bertz CT molecular complexity index is 942. The molecular weight excluding hydrogens is 458 g/mol. The van der Waals surface area contributed by atoms with Crippen molar-refractivity contribution in [3.05, 3.63) is 0 Å². The zero-order valence-electron chi connectivity index (χ0n) is 24.6. The fourth-order valence-corrected chi connectivity index (χ4v) is 12.0. The van der Waals surface area contributed by atoms with Gasteiger partial charge in [0.1, 0.15) is 6.10 Å². The average Bonchev–Trinajstić information content (AvgIpc) is 3.39.